The lowest BCUT2D eigenvalue weighted by Crippen LogP contribution is -2.08. The van der Waals surface area contributed by atoms with E-state index in [0.29, 0.717) is 17.9 Å². The Balaban J connectivity index is 2.74. The summed E-state index contributed by atoms with van der Waals surface area (Å²) in [6.07, 6.45) is 1.05. The van der Waals surface area contributed by atoms with Gasteiger partial charge in [-0.15, -0.1) is 0 Å². The molecular formula is C12H14Cl2O3S. The van der Waals surface area contributed by atoms with Crippen molar-refractivity contribution in [2.45, 2.75) is 31.1 Å². The van der Waals surface area contributed by atoms with Crippen LogP contribution in [0, 0.1) is 0 Å². The topological polar surface area (TPSA) is 51.2 Å². The van der Waals surface area contributed by atoms with Crippen molar-refractivity contribution >= 4 is 38.8 Å². The molecule has 1 aromatic carbocycles. The van der Waals surface area contributed by atoms with Crippen LogP contribution in [0.15, 0.2) is 23.1 Å². The van der Waals surface area contributed by atoms with Crippen LogP contribution in [0.2, 0.25) is 10.0 Å². The van der Waals surface area contributed by atoms with E-state index in [2.05, 4.69) is 0 Å². The van der Waals surface area contributed by atoms with E-state index < -0.39 is 9.84 Å². The fourth-order valence-electron chi connectivity index (χ4n) is 1.42. The average molecular weight is 309 g/mol. The molecule has 0 spiro atoms. The summed E-state index contributed by atoms with van der Waals surface area (Å²) in [5, 5.41) is 0.527. The molecular weight excluding hydrogens is 295 g/mol. The molecule has 3 nitrogen and oxygen atoms in total. The fraction of sp³-hybridized carbons (Fsp3) is 0.417. The lowest BCUT2D eigenvalue weighted by Gasteiger charge is -2.05. The van der Waals surface area contributed by atoms with E-state index in [1.54, 1.807) is 6.92 Å². The molecule has 18 heavy (non-hydrogen) atoms. The first kappa shape index (κ1) is 15.5. The first-order chi connectivity index (χ1) is 8.36. The molecule has 0 heterocycles. The molecule has 0 unspecified atom stereocenters. The Kier molecular flexibility index (Phi) is 5.63. The number of Topliss-reactive ketones (excluding diaryl/α,β-unsaturated/α-hetero) is 1. The Morgan fingerprint density at radius 3 is 2.44 bits per heavy atom. The van der Waals surface area contributed by atoms with Gasteiger partial charge in [-0.05, 0) is 24.6 Å². The molecule has 0 saturated heterocycles. The number of ketones is 1. The number of rotatable bonds is 6. The molecule has 0 atom stereocenters. The van der Waals surface area contributed by atoms with Crippen molar-refractivity contribution in [3.63, 3.8) is 0 Å². The zero-order chi connectivity index (χ0) is 13.8. The van der Waals surface area contributed by atoms with Gasteiger partial charge in [0.05, 0.1) is 20.7 Å². The molecule has 6 heteroatoms. The van der Waals surface area contributed by atoms with Crippen molar-refractivity contribution in [1.82, 2.24) is 0 Å². The molecule has 0 bridgehead atoms. The van der Waals surface area contributed by atoms with E-state index >= 15 is 0 Å². The van der Waals surface area contributed by atoms with Gasteiger partial charge in [0.2, 0.25) is 0 Å². The minimum atomic E-state index is -3.40. The Labute approximate surface area is 117 Å². The van der Waals surface area contributed by atoms with Crippen LogP contribution in [-0.2, 0) is 14.6 Å². The second kappa shape index (κ2) is 6.55. The maximum absolute atomic E-state index is 12.0. The molecule has 0 aliphatic heterocycles. The van der Waals surface area contributed by atoms with E-state index in [0.717, 1.165) is 0 Å². The minimum Gasteiger partial charge on any atom is -0.300 e. The second-order valence-electron chi connectivity index (χ2n) is 3.89. The standard InChI is InChI=1S/C12H14Cl2O3S/c1-2-9(15)4-3-7-18(16,17)10-5-6-11(13)12(14)8-10/h5-6,8H,2-4,7H2,1H3. The summed E-state index contributed by atoms with van der Waals surface area (Å²) in [6, 6.07) is 4.21. The molecule has 1 rings (SSSR count). The zero-order valence-corrected chi connectivity index (χ0v) is 12.3. The van der Waals surface area contributed by atoms with Gasteiger partial charge in [0.15, 0.2) is 9.84 Å². The highest BCUT2D eigenvalue weighted by Gasteiger charge is 2.16. The molecule has 0 aliphatic rings. The van der Waals surface area contributed by atoms with Crippen molar-refractivity contribution in [3.8, 4) is 0 Å². The van der Waals surface area contributed by atoms with Crippen LogP contribution in [0.5, 0.6) is 0 Å². The Hall–Kier alpha value is -0.580. The van der Waals surface area contributed by atoms with Crippen LogP contribution in [-0.4, -0.2) is 20.0 Å². The first-order valence-corrected chi connectivity index (χ1v) is 7.97. The third-order valence-corrected chi connectivity index (χ3v) is 5.05. The maximum Gasteiger partial charge on any atom is 0.178 e. The quantitative estimate of drug-likeness (QED) is 0.808. The van der Waals surface area contributed by atoms with Crippen LogP contribution in [0.1, 0.15) is 26.2 Å². The molecule has 0 radical (unpaired) electrons. The third kappa shape index (κ3) is 4.26. The maximum atomic E-state index is 12.0. The molecule has 0 N–H and O–H groups in total. The number of hydrogen-bond donors (Lipinski definition) is 0. The molecule has 100 valence electrons. The highest BCUT2D eigenvalue weighted by Crippen LogP contribution is 2.25. The van der Waals surface area contributed by atoms with Gasteiger partial charge in [-0.25, -0.2) is 8.42 Å². The molecule has 0 amide bonds. The van der Waals surface area contributed by atoms with Gasteiger partial charge in [-0.1, -0.05) is 30.1 Å². The Morgan fingerprint density at radius 2 is 1.89 bits per heavy atom. The molecule has 0 aromatic heterocycles. The van der Waals surface area contributed by atoms with Gasteiger partial charge in [-0.3, -0.25) is 4.79 Å². The smallest absolute Gasteiger partial charge is 0.178 e. The largest absolute Gasteiger partial charge is 0.300 e. The first-order valence-electron chi connectivity index (χ1n) is 5.56. The van der Waals surface area contributed by atoms with Crippen LogP contribution in [0.4, 0.5) is 0 Å². The van der Waals surface area contributed by atoms with Crippen molar-refractivity contribution in [2.75, 3.05) is 5.75 Å². The van der Waals surface area contributed by atoms with Gasteiger partial charge in [0.25, 0.3) is 0 Å². The van der Waals surface area contributed by atoms with Gasteiger partial charge in [-0.2, -0.15) is 0 Å². The number of sulfone groups is 1. The monoisotopic (exact) mass is 308 g/mol. The lowest BCUT2D eigenvalue weighted by molar-refractivity contribution is -0.118. The van der Waals surface area contributed by atoms with Crippen LogP contribution < -0.4 is 0 Å². The minimum absolute atomic E-state index is 0.0588. The third-order valence-electron chi connectivity index (χ3n) is 2.51. The predicted octanol–water partition coefficient (Wildman–Crippen LogP) is 3.53. The summed E-state index contributed by atoms with van der Waals surface area (Å²) in [7, 11) is -3.40. The highest BCUT2D eigenvalue weighted by atomic mass is 35.5. The van der Waals surface area contributed by atoms with Crippen LogP contribution in [0.25, 0.3) is 0 Å². The summed E-state index contributed by atoms with van der Waals surface area (Å²) in [5.74, 6) is 0.0100. The molecule has 0 aliphatic carbocycles. The van der Waals surface area contributed by atoms with Crippen LogP contribution >= 0.6 is 23.2 Å². The van der Waals surface area contributed by atoms with Crippen molar-refractivity contribution < 1.29 is 13.2 Å². The van der Waals surface area contributed by atoms with Crippen molar-refractivity contribution in [1.29, 1.82) is 0 Å². The summed E-state index contributed by atoms with van der Waals surface area (Å²) < 4.78 is 23.9. The molecule has 0 fully saturated rings. The summed E-state index contributed by atoms with van der Waals surface area (Å²) in [6.45, 7) is 1.76. The molecule has 1 aromatic rings. The lowest BCUT2D eigenvalue weighted by atomic mass is 10.2. The summed E-state index contributed by atoms with van der Waals surface area (Å²) in [5.41, 5.74) is 0. The van der Waals surface area contributed by atoms with Crippen molar-refractivity contribution in [2.24, 2.45) is 0 Å². The predicted molar refractivity (Wildman–Crippen MR) is 73.0 cm³/mol. The number of benzene rings is 1. The SMILES string of the molecule is CCC(=O)CCCS(=O)(=O)c1ccc(Cl)c(Cl)c1. The number of carbonyl (C=O) groups is 1. The number of hydrogen-bond acceptors (Lipinski definition) is 3. The van der Waals surface area contributed by atoms with Crippen LogP contribution in [0.3, 0.4) is 0 Å². The van der Waals surface area contributed by atoms with E-state index in [9.17, 15) is 13.2 Å². The average Bonchev–Trinajstić information content (AvgIpc) is 2.32. The van der Waals surface area contributed by atoms with E-state index in [1.165, 1.54) is 18.2 Å². The van der Waals surface area contributed by atoms with Gasteiger partial charge < -0.3 is 0 Å². The Morgan fingerprint density at radius 1 is 1.22 bits per heavy atom. The van der Waals surface area contributed by atoms with E-state index in [1.807, 2.05) is 0 Å². The normalized spacial score (nSPS) is 11.5. The van der Waals surface area contributed by atoms with Gasteiger partial charge >= 0.3 is 0 Å². The van der Waals surface area contributed by atoms with Crippen molar-refractivity contribution in [3.05, 3.63) is 28.2 Å². The number of carbonyl (C=O) groups excluding carboxylic acids is 1. The van der Waals surface area contributed by atoms with Gasteiger partial charge in [0.1, 0.15) is 5.78 Å². The molecule has 0 saturated carbocycles. The van der Waals surface area contributed by atoms with E-state index in [-0.39, 0.29) is 27.9 Å². The highest BCUT2D eigenvalue weighted by molar-refractivity contribution is 7.91. The second-order valence-corrected chi connectivity index (χ2v) is 6.81. The fourth-order valence-corrected chi connectivity index (χ4v) is 3.12. The zero-order valence-electron chi connectivity index (χ0n) is 9.95. The van der Waals surface area contributed by atoms with Gasteiger partial charge in [0, 0.05) is 12.8 Å². The number of halogens is 2. The summed E-state index contributed by atoms with van der Waals surface area (Å²) in [4.78, 5) is 11.2. The summed E-state index contributed by atoms with van der Waals surface area (Å²) >= 11 is 11.5. The Bertz CT molecular complexity index is 538. The van der Waals surface area contributed by atoms with E-state index in [4.69, 9.17) is 23.2 Å².